The summed E-state index contributed by atoms with van der Waals surface area (Å²) >= 11 is 0. The molecule has 0 aliphatic rings. The molecule has 0 fully saturated rings. The van der Waals surface area contributed by atoms with Crippen molar-refractivity contribution in [1.82, 2.24) is 5.32 Å². The predicted octanol–water partition coefficient (Wildman–Crippen LogP) is 3.21. The second kappa shape index (κ2) is 10.5. The average molecular weight is 411 g/mol. The van der Waals surface area contributed by atoms with Crippen molar-refractivity contribution in [2.75, 3.05) is 13.6 Å². The van der Waals surface area contributed by atoms with Crippen LogP contribution in [0.5, 0.6) is 5.75 Å². The topological polar surface area (TPSA) is 42.8 Å². The monoisotopic (exact) mass is 411 g/mol. The van der Waals surface area contributed by atoms with Gasteiger partial charge in [0.25, 0.3) is 5.91 Å². The number of halogens is 2. The van der Waals surface area contributed by atoms with Crippen molar-refractivity contribution in [3.8, 4) is 5.75 Å². The van der Waals surface area contributed by atoms with Crippen LogP contribution in [0.3, 0.4) is 0 Å². The molecular formula is C24H25F2N2O2+. The number of likely N-dealkylation sites (N-methyl/N-ethyl adjacent to an activating group) is 1. The summed E-state index contributed by atoms with van der Waals surface area (Å²) in [5.41, 5.74) is 2.86. The number of hydrogen-bond donors (Lipinski definition) is 2. The first-order chi connectivity index (χ1) is 14.5. The fourth-order valence-corrected chi connectivity index (χ4v) is 3.34. The molecule has 1 unspecified atom stereocenters. The number of hydrogen-bond acceptors (Lipinski definition) is 2. The maximum atomic E-state index is 12.8. The van der Waals surface area contributed by atoms with E-state index in [0.717, 1.165) is 28.1 Å². The normalized spacial score (nSPS) is 12.9. The summed E-state index contributed by atoms with van der Waals surface area (Å²) in [5, 5.41) is 3.08. The van der Waals surface area contributed by atoms with E-state index in [2.05, 4.69) is 10.1 Å². The van der Waals surface area contributed by atoms with Crippen molar-refractivity contribution in [3.05, 3.63) is 102 Å². The molecule has 0 radical (unpaired) electrons. The number of carbonyl (C=O) groups excluding carboxylic acids is 1. The summed E-state index contributed by atoms with van der Waals surface area (Å²) in [6, 6.07) is 25.5. The average Bonchev–Trinajstić information content (AvgIpc) is 2.73. The van der Waals surface area contributed by atoms with E-state index in [0.29, 0.717) is 6.54 Å². The van der Waals surface area contributed by atoms with Gasteiger partial charge in [-0.25, -0.2) is 0 Å². The Labute approximate surface area is 175 Å². The SMILES string of the molecule is C[NH+](CC(=O)N[C@H](c1ccccc1)c1ccc(OC(F)F)cc1)Cc1ccccc1. The first-order valence-electron chi connectivity index (χ1n) is 9.75. The lowest BCUT2D eigenvalue weighted by Crippen LogP contribution is -3.08. The van der Waals surface area contributed by atoms with Crippen molar-refractivity contribution in [1.29, 1.82) is 0 Å². The van der Waals surface area contributed by atoms with Gasteiger partial charge in [0.05, 0.1) is 13.1 Å². The molecular weight excluding hydrogens is 386 g/mol. The number of rotatable bonds is 9. The molecule has 4 nitrogen and oxygen atoms in total. The third-order valence-corrected chi connectivity index (χ3v) is 4.69. The molecule has 30 heavy (non-hydrogen) atoms. The van der Waals surface area contributed by atoms with Gasteiger partial charge in [0.15, 0.2) is 6.54 Å². The molecule has 1 amide bonds. The lowest BCUT2D eigenvalue weighted by molar-refractivity contribution is -0.885. The Bertz CT molecular complexity index is 919. The van der Waals surface area contributed by atoms with Gasteiger partial charge >= 0.3 is 6.61 Å². The van der Waals surface area contributed by atoms with E-state index in [1.54, 1.807) is 12.1 Å². The summed E-state index contributed by atoms with van der Waals surface area (Å²) in [6.45, 7) is -1.82. The maximum absolute atomic E-state index is 12.8. The lowest BCUT2D eigenvalue weighted by atomic mass is 9.98. The molecule has 0 saturated carbocycles. The number of nitrogens with one attached hydrogen (secondary N) is 2. The van der Waals surface area contributed by atoms with Gasteiger partial charge in [0.1, 0.15) is 12.3 Å². The van der Waals surface area contributed by atoms with Crippen LogP contribution in [0, 0.1) is 0 Å². The zero-order valence-corrected chi connectivity index (χ0v) is 16.7. The van der Waals surface area contributed by atoms with Gasteiger partial charge < -0.3 is 15.0 Å². The van der Waals surface area contributed by atoms with Gasteiger partial charge in [-0.3, -0.25) is 4.79 Å². The number of ether oxygens (including phenoxy) is 1. The summed E-state index contributed by atoms with van der Waals surface area (Å²) in [6.07, 6.45) is 0. The largest absolute Gasteiger partial charge is 0.435 e. The molecule has 0 aliphatic carbocycles. The second-order valence-corrected chi connectivity index (χ2v) is 7.16. The molecule has 2 atom stereocenters. The van der Waals surface area contributed by atoms with Gasteiger partial charge in [-0.2, -0.15) is 8.78 Å². The molecule has 3 aromatic carbocycles. The molecule has 0 heterocycles. The third kappa shape index (κ3) is 6.39. The first kappa shape index (κ1) is 21.5. The van der Waals surface area contributed by atoms with Crippen LogP contribution in [0.4, 0.5) is 8.78 Å². The van der Waals surface area contributed by atoms with Crippen LogP contribution < -0.4 is 15.0 Å². The minimum Gasteiger partial charge on any atom is -0.435 e. The van der Waals surface area contributed by atoms with E-state index in [4.69, 9.17) is 0 Å². The summed E-state index contributed by atoms with van der Waals surface area (Å²) < 4.78 is 29.2. The Hall–Kier alpha value is -3.25. The fourth-order valence-electron chi connectivity index (χ4n) is 3.34. The number of carbonyl (C=O) groups is 1. The Morgan fingerprint density at radius 3 is 2.07 bits per heavy atom. The highest BCUT2D eigenvalue weighted by molar-refractivity contribution is 5.78. The highest BCUT2D eigenvalue weighted by Gasteiger charge is 2.19. The van der Waals surface area contributed by atoms with Gasteiger partial charge in [-0.15, -0.1) is 0 Å². The highest BCUT2D eigenvalue weighted by Crippen LogP contribution is 2.24. The Balaban J connectivity index is 1.70. The second-order valence-electron chi connectivity index (χ2n) is 7.16. The molecule has 0 saturated heterocycles. The zero-order valence-electron chi connectivity index (χ0n) is 16.7. The molecule has 6 heteroatoms. The van der Waals surface area contributed by atoms with Crippen LogP contribution in [0.1, 0.15) is 22.7 Å². The van der Waals surface area contributed by atoms with Crippen molar-refractivity contribution in [3.63, 3.8) is 0 Å². The van der Waals surface area contributed by atoms with Crippen molar-refractivity contribution in [2.24, 2.45) is 0 Å². The van der Waals surface area contributed by atoms with Crippen LogP contribution >= 0.6 is 0 Å². The zero-order chi connectivity index (χ0) is 21.3. The minimum absolute atomic E-state index is 0.0823. The van der Waals surface area contributed by atoms with E-state index in [1.165, 1.54) is 12.1 Å². The molecule has 0 bridgehead atoms. The van der Waals surface area contributed by atoms with Crippen LogP contribution in [0.2, 0.25) is 0 Å². The quantitative estimate of drug-likeness (QED) is 0.568. The number of alkyl halides is 2. The smallest absolute Gasteiger partial charge is 0.387 e. The maximum Gasteiger partial charge on any atom is 0.387 e. The van der Waals surface area contributed by atoms with Crippen LogP contribution in [0.15, 0.2) is 84.9 Å². The molecule has 3 aromatic rings. The van der Waals surface area contributed by atoms with Gasteiger partial charge in [-0.05, 0) is 23.3 Å². The van der Waals surface area contributed by atoms with Crippen LogP contribution in [-0.4, -0.2) is 26.1 Å². The van der Waals surface area contributed by atoms with E-state index in [9.17, 15) is 13.6 Å². The molecule has 0 aromatic heterocycles. The fraction of sp³-hybridized carbons (Fsp3) is 0.208. The molecule has 156 valence electrons. The Morgan fingerprint density at radius 2 is 1.47 bits per heavy atom. The van der Waals surface area contributed by atoms with E-state index in [1.807, 2.05) is 67.7 Å². The molecule has 0 spiro atoms. The van der Waals surface area contributed by atoms with Gasteiger partial charge in [-0.1, -0.05) is 72.8 Å². The molecule has 2 N–H and O–H groups in total. The highest BCUT2D eigenvalue weighted by atomic mass is 19.3. The van der Waals surface area contributed by atoms with E-state index in [-0.39, 0.29) is 17.7 Å². The van der Waals surface area contributed by atoms with Gasteiger partial charge in [0, 0.05) is 5.56 Å². The Kier molecular flexibility index (Phi) is 7.51. The number of benzene rings is 3. The van der Waals surface area contributed by atoms with Crippen molar-refractivity contribution in [2.45, 2.75) is 19.2 Å². The van der Waals surface area contributed by atoms with E-state index >= 15 is 0 Å². The Morgan fingerprint density at radius 1 is 0.900 bits per heavy atom. The van der Waals surface area contributed by atoms with Crippen LogP contribution in [-0.2, 0) is 11.3 Å². The first-order valence-corrected chi connectivity index (χ1v) is 9.75. The standard InChI is InChI=1S/C24H24F2N2O2/c1-28(16-18-8-4-2-5-9-18)17-22(29)27-23(19-10-6-3-7-11-19)20-12-14-21(15-13-20)30-24(25)26/h2-15,23-24H,16-17H2,1H3,(H,27,29)/p+1/t23-/m1/s1. The van der Waals surface area contributed by atoms with Gasteiger partial charge in [0.2, 0.25) is 0 Å². The summed E-state index contributed by atoms with van der Waals surface area (Å²) in [4.78, 5) is 13.8. The number of quaternary nitrogens is 1. The third-order valence-electron chi connectivity index (χ3n) is 4.69. The molecule has 3 rings (SSSR count). The van der Waals surface area contributed by atoms with Crippen molar-refractivity contribution < 1.29 is 23.2 Å². The van der Waals surface area contributed by atoms with Crippen LogP contribution in [0.25, 0.3) is 0 Å². The summed E-state index contributed by atoms with van der Waals surface area (Å²) in [7, 11) is 1.97. The summed E-state index contributed by atoms with van der Waals surface area (Å²) in [5.74, 6) is -0.0101. The lowest BCUT2D eigenvalue weighted by Gasteiger charge is -2.21. The minimum atomic E-state index is -2.87. The van der Waals surface area contributed by atoms with E-state index < -0.39 is 6.61 Å². The molecule has 0 aliphatic heterocycles. The van der Waals surface area contributed by atoms with Crippen molar-refractivity contribution >= 4 is 5.91 Å². The number of amides is 1. The predicted molar refractivity (Wildman–Crippen MR) is 111 cm³/mol.